The summed E-state index contributed by atoms with van der Waals surface area (Å²) in [5, 5.41) is 0. The lowest BCUT2D eigenvalue weighted by molar-refractivity contribution is 0.168. The average Bonchev–Trinajstić information content (AvgIpc) is 2.39. The molecule has 3 N–H and O–H groups in total. The van der Waals surface area contributed by atoms with Crippen LogP contribution in [-0.4, -0.2) is 51.6 Å². The zero-order chi connectivity index (χ0) is 14.3. The van der Waals surface area contributed by atoms with Gasteiger partial charge in [0.2, 0.25) is 0 Å². The number of rotatable bonds is 8. The van der Waals surface area contributed by atoms with Crippen LogP contribution >= 0.6 is 0 Å². The van der Waals surface area contributed by atoms with Gasteiger partial charge in [0.25, 0.3) is 10.2 Å². The zero-order valence-electron chi connectivity index (χ0n) is 12.0. The van der Waals surface area contributed by atoms with Gasteiger partial charge in [-0.05, 0) is 19.3 Å². The smallest absolute Gasteiger partial charge is 0.280 e. The summed E-state index contributed by atoms with van der Waals surface area (Å²) in [7, 11) is -1.88. The molecule has 0 aliphatic carbocycles. The Morgan fingerprint density at radius 3 is 2.79 bits per heavy atom. The maximum atomic E-state index is 12.4. The Morgan fingerprint density at radius 1 is 1.47 bits per heavy atom. The van der Waals surface area contributed by atoms with Gasteiger partial charge in [-0.1, -0.05) is 19.8 Å². The van der Waals surface area contributed by atoms with E-state index < -0.39 is 10.2 Å². The second-order valence-corrected chi connectivity index (χ2v) is 6.71. The minimum Gasteiger partial charge on any atom is -0.383 e. The second-order valence-electron chi connectivity index (χ2n) is 5.06. The van der Waals surface area contributed by atoms with E-state index in [1.165, 1.54) is 4.31 Å². The quantitative estimate of drug-likeness (QED) is 0.680. The molecule has 6 nitrogen and oxygen atoms in total. The van der Waals surface area contributed by atoms with E-state index in [4.69, 9.17) is 10.5 Å². The van der Waals surface area contributed by atoms with E-state index >= 15 is 0 Å². The number of methoxy groups -OCH3 is 1. The van der Waals surface area contributed by atoms with E-state index in [0.29, 0.717) is 19.7 Å². The van der Waals surface area contributed by atoms with Gasteiger partial charge >= 0.3 is 0 Å². The van der Waals surface area contributed by atoms with Crippen LogP contribution < -0.4 is 10.5 Å². The van der Waals surface area contributed by atoms with Crippen LogP contribution in [0, 0.1) is 0 Å². The highest BCUT2D eigenvalue weighted by Crippen LogP contribution is 2.19. The first kappa shape index (κ1) is 16.8. The third kappa shape index (κ3) is 5.00. The average molecular weight is 293 g/mol. The van der Waals surface area contributed by atoms with Crippen LogP contribution in [0.3, 0.4) is 0 Å². The molecule has 0 spiro atoms. The Kier molecular flexibility index (Phi) is 7.23. The van der Waals surface area contributed by atoms with Gasteiger partial charge in [-0.25, -0.2) is 0 Å². The molecule has 0 saturated carbocycles. The maximum Gasteiger partial charge on any atom is 0.280 e. The molecule has 1 saturated heterocycles. The number of piperidine rings is 1. The van der Waals surface area contributed by atoms with E-state index in [1.807, 2.05) is 6.92 Å². The van der Waals surface area contributed by atoms with Crippen LogP contribution in [0.4, 0.5) is 0 Å². The molecule has 0 aromatic rings. The SMILES string of the molecule is CCCC(COC)NS(=O)(=O)N1CCCCC1CN. The van der Waals surface area contributed by atoms with E-state index in [-0.39, 0.29) is 12.1 Å². The normalized spacial score (nSPS) is 23.4. The molecule has 1 aliphatic rings. The fourth-order valence-corrected chi connectivity index (χ4v) is 4.23. The van der Waals surface area contributed by atoms with Gasteiger partial charge in [0.1, 0.15) is 0 Å². The van der Waals surface area contributed by atoms with Crippen LogP contribution in [-0.2, 0) is 14.9 Å². The monoisotopic (exact) mass is 293 g/mol. The summed E-state index contributed by atoms with van der Waals surface area (Å²) in [6.07, 6.45) is 4.48. The predicted molar refractivity (Wildman–Crippen MR) is 76.0 cm³/mol. The molecule has 1 heterocycles. The lowest BCUT2D eigenvalue weighted by Crippen LogP contribution is -2.54. The molecule has 0 bridgehead atoms. The molecule has 1 rings (SSSR count). The Labute approximate surface area is 116 Å². The Balaban J connectivity index is 2.71. The molecular weight excluding hydrogens is 266 g/mol. The summed E-state index contributed by atoms with van der Waals surface area (Å²) in [4.78, 5) is 0. The van der Waals surface area contributed by atoms with Crippen molar-refractivity contribution in [3.05, 3.63) is 0 Å². The van der Waals surface area contributed by atoms with Crippen LogP contribution in [0.15, 0.2) is 0 Å². The Morgan fingerprint density at radius 2 is 2.21 bits per heavy atom. The third-order valence-corrected chi connectivity index (χ3v) is 5.20. The Bertz CT molecular complexity index is 342. The molecule has 0 aromatic carbocycles. The van der Waals surface area contributed by atoms with E-state index in [2.05, 4.69) is 4.72 Å². The van der Waals surface area contributed by atoms with Gasteiger partial charge in [-0.2, -0.15) is 17.4 Å². The number of nitrogens with zero attached hydrogens (tertiary/aromatic N) is 1. The van der Waals surface area contributed by atoms with Crippen molar-refractivity contribution in [2.45, 2.75) is 51.1 Å². The van der Waals surface area contributed by atoms with Crippen molar-refractivity contribution in [1.29, 1.82) is 0 Å². The van der Waals surface area contributed by atoms with Gasteiger partial charge in [0, 0.05) is 32.3 Å². The highest BCUT2D eigenvalue weighted by atomic mass is 32.2. The van der Waals surface area contributed by atoms with Crippen molar-refractivity contribution < 1.29 is 13.2 Å². The first-order valence-corrected chi connectivity index (χ1v) is 8.47. The fraction of sp³-hybridized carbons (Fsp3) is 1.00. The maximum absolute atomic E-state index is 12.4. The molecule has 114 valence electrons. The first-order valence-electron chi connectivity index (χ1n) is 7.03. The molecule has 2 unspecified atom stereocenters. The number of hydrogen-bond donors (Lipinski definition) is 2. The zero-order valence-corrected chi connectivity index (χ0v) is 12.8. The number of nitrogens with two attached hydrogens (primary N) is 1. The summed E-state index contributed by atoms with van der Waals surface area (Å²) in [5.74, 6) is 0. The molecule has 19 heavy (non-hydrogen) atoms. The summed E-state index contributed by atoms with van der Waals surface area (Å²) >= 11 is 0. The molecule has 1 fully saturated rings. The number of nitrogens with one attached hydrogen (secondary N) is 1. The van der Waals surface area contributed by atoms with Gasteiger partial charge in [-0.3, -0.25) is 0 Å². The van der Waals surface area contributed by atoms with E-state index in [9.17, 15) is 8.42 Å². The van der Waals surface area contributed by atoms with Crippen molar-refractivity contribution >= 4 is 10.2 Å². The third-order valence-electron chi connectivity index (χ3n) is 3.47. The summed E-state index contributed by atoms with van der Waals surface area (Å²) in [6, 6.07) is -0.239. The largest absolute Gasteiger partial charge is 0.383 e. The summed E-state index contributed by atoms with van der Waals surface area (Å²) in [6.45, 7) is 3.36. The van der Waals surface area contributed by atoms with Crippen molar-refractivity contribution in [1.82, 2.24) is 9.03 Å². The van der Waals surface area contributed by atoms with Gasteiger partial charge in [0.05, 0.1) is 6.61 Å². The molecule has 1 aliphatic heterocycles. The molecule has 0 radical (unpaired) electrons. The summed E-state index contributed by atoms with van der Waals surface area (Å²) in [5.41, 5.74) is 5.68. The molecule has 7 heteroatoms. The second kappa shape index (κ2) is 8.16. The van der Waals surface area contributed by atoms with E-state index in [0.717, 1.165) is 32.1 Å². The van der Waals surface area contributed by atoms with Gasteiger partial charge in [0.15, 0.2) is 0 Å². The topological polar surface area (TPSA) is 84.7 Å². The van der Waals surface area contributed by atoms with Crippen LogP contribution in [0.2, 0.25) is 0 Å². The lowest BCUT2D eigenvalue weighted by atomic mass is 10.1. The van der Waals surface area contributed by atoms with Crippen molar-refractivity contribution in [3.8, 4) is 0 Å². The molecule has 0 aromatic heterocycles. The van der Waals surface area contributed by atoms with Crippen molar-refractivity contribution in [2.24, 2.45) is 5.73 Å². The minimum atomic E-state index is -3.46. The minimum absolute atomic E-state index is 0.0731. The molecule has 2 atom stereocenters. The Hall–Kier alpha value is -0.210. The van der Waals surface area contributed by atoms with E-state index in [1.54, 1.807) is 7.11 Å². The standard InChI is InChI=1S/C12H27N3O3S/c1-3-6-11(10-18-2)14-19(16,17)15-8-5-4-7-12(15)9-13/h11-12,14H,3-10,13H2,1-2H3. The van der Waals surface area contributed by atoms with Crippen molar-refractivity contribution in [3.63, 3.8) is 0 Å². The van der Waals surface area contributed by atoms with Gasteiger partial charge < -0.3 is 10.5 Å². The van der Waals surface area contributed by atoms with Crippen LogP contribution in [0.1, 0.15) is 39.0 Å². The van der Waals surface area contributed by atoms with Crippen LogP contribution in [0.25, 0.3) is 0 Å². The number of ether oxygens (including phenoxy) is 1. The van der Waals surface area contributed by atoms with Crippen LogP contribution in [0.5, 0.6) is 0 Å². The highest BCUT2D eigenvalue weighted by Gasteiger charge is 2.32. The summed E-state index contributed by atoms with van der Waals surface area (Å²) < 4.78 is 34.2. The van der Waals surface area contributed by atoms with Crippen molar-refractivity contribution in [2.75, 3.05) is 26.8 Å². The van der Waals surface area contributed by atoms with Gasteiger partial charge in [-0.15, -0.1) is 0 Å². The first-order chi connectivity index (χ1) is 9.05. The highest BCUT2D eigenvalue weighted by molar-refractivity contribution is 7.87. The molecule has 0 amide bonds. The number of hydrogen-bond acceptors (Lipinski definition) is 4. The molecular formula is C12H27N3O3S. The fourth-order valence-electron chi connectivity index (χ4n) is 2.53. The lowest BCUT2D eigenvalue weighted by Gasteiger charge is -2.35. The predicted octanol–water partition coefficient (Wildman–Crippen LogP) is 0.449.